The van der Waals surface area contributed by atoms with Crippen LogP contribution in [0.25, 0.3) is 0 Å². The molecule has 4 nitrogen and oxygen atoms in total. The summed E-state index contributed by atoms with van der Waals surface area (Å²) in [5.74, 6) is 0.637. The Balaban J connectivity index is 1.74. The summed E-state index contributed by atoms with van der Waals surface area (Å²) < 4.78 is 10.6. The molecule has 22 heavy (non-hydrogen) atoms. The third kappa shape index (κ3) is 5.48. The lowest BCUT2D eigenvalue weighted by Crippen LogP contribution is -2.11. The van der Waals surface area contributed by atoms with Gasteiger partial charge in [-0.15, -0.1) is 0 Å². The van der Waals surface area contributed by atoms with Gasteiger partial charge in [-0.3, -0.25) is 4.79 Å². The minimum atomic E-state index is -0.183. The lowest BCUT2D eigenvalue weighted by molar-refractivity contribution is -0.142. The van der Waals surface area contributed by atoms with Crippen molar-refractivity contribution in [3.8, 4) is 5.75 Å². The van der Waals surface area contributed by atoms with Crippen molar-refractivity contribution < 1.29 is 14.3 Å². The Morgan fingerprint density at radius 2 is 1.77 bits per heavy atom. The van der Waals surface area contributed by atoms with Crippen LogP contribution in [0.3, 0.4) is 0 Å². The van der Waals surface area contributed by atoms with Crippen LogP contribution >= 0.6 is 0 Å². The van der Waals surface area contributed by atoms with Gasteiger partial charge in [0.05, 0.1) is 13.0 Å². The number of nitrogens with one attached hydrogen (secondary N) is 1. The molecule has 0 aliphatic carbocycles. The molecule has 4 heteroatoms. The van der Waals surface area contributed by atoms with Crippen LogP contribution < -0.4 is 10.1 Å². The number of rotatable bonds is 8. The Bertz CT molecular complexity index is 567. The van der Waals surface area contributed by atoms with Gasteiger partial charge in [0.25, 0.3) is 0 Å². The maximum absolute atomic E-state index is 11.2. The summed E-state index contributed by atoms with van der Waals surface area (Å²) in [7, 11) is 0. The number of benzene rings is 2. The minimum Gasteiger partial charge on any atom is -0.489 e. The summed E-state index contributed by atoms with van der Waals surface area (Å²) in [5.41, 5.74) is 2.09. The number of anilines is 1. The molecule has 0 unspecified atom stereocenters. The van der Waals surface area contributed by atoms with Crippen LogP contribution in [-0.4, -0.2) is 19.1 Å². The lowest BCUT2D eigenvalue weighted by atomic mass is 10.2. The molecule has 0 spiro atoms. The number of ether oxygens (including phenoxy) is 2. The number of esters is 1. The molecule has 0 aromatic heterocycles. The van der Waals surface area contributed by atoms with E-state index in [1.807, 2.05) is 54.6 Å². The van der Waals surface area contributed by atoms with E-state index in [2.05, 4.69) is 5.32 Å². The molecule has 0 aliphatic rings. The van der Waals surface area contributed by atoms with E-state index in [-0.39, 0.29) is 5.97 Å². The van der Waals surface area contributed by atoms with E-state index in [1.165, 1.54) is 0 Å². The fourth-order valence-corrected chi connectivity index (χ4v) is 1.95. The van der Waals surface area contributed by atoms with Gasteiger partial charge in [0.1, 0.15) is 12.4 Å². The van der Waals surface area contributed by atoms with Crippen LogP contribution in [0.2, 0.25) is 0 Å². The fraction of sp³-hybridized carbons (Fsp3) is 0.278. The van der Waals surface area contributed by atoms with Crippen LogP contribution in [0.15, 0.2) is 54.6 Å². The monoisotopic (exact) mass is 299 g/mol. The minimum absolute atomic E-state index is 0.183. The number of hydrogen-bond donors (Lipinski definition) is 1. The molecule has 0 amide bonds. The van der Waals surface area contributed by atoms with Gasteiger partial charge in [-0.25, -0.2) is 0 Å². The molecule has 2 aromatic carbocycles. The van der Waals surface area contributed by atoms with Crippen LogP contribution in [0.5, 0.6) is 5.75 Å². The molecule has 2 rings (SSSR count). The SMILES string of the molecule is CCOC(=O)CCNc1ccc(OCc2ccccc2)cc1. The number of hydrogen-bond acceptors (Lipinski definition) is 4. The molecular weight excluding hydrogens is 278 g/mol. The van der Waals surface area contributed by atoms with Gasteiger partial charge < -0.3 is 14.8 Å². The average molecular weight is 299 g/mol. The highest BCUT2D eigenvalue weighted by Gasteiger charge is 2.01. The van der Waals surface area contributed by atoms with E-state index in [4.69, 9.17) is 9.47 Å². The normalized spacial score (nSPS) is 10.0. The van der Waals surface area contributed by atoms with Crippen molar-refractivity contribution >= 4 is 11.7 Å². The largest absolute Gasteiger partial charge is 0.489 e. The molecule has 116 valence electrons. The van der Waals surface area contributed by atoms with Gasteiger partial charge in [-0.1, -0.05) is 30.3 Å². The van der Waals surface area contributed by atoms with Gasteiger partial charge in [0.2, 0.25) is 0 Å². The third-order valence-electron chi connectivity index (χ3n) is 3.07. The quantitative estimate of drug-likeness (QED) is 0.756. The summed E-state index contributed by atoms with van der Waals surface area (Å²) in [4.78, 5) is 11.2. The highest BCUT2D eigenvalue weighted by molar-refractivity contribution is 5.70. The zero-order valence-corrected chi connectivity index (χ0v) is 12.7. The van der Waals surface area contributed by atoms with Gasteiger partial charge in [0, 0.05) is 12.2 Å². The second-order valence-corrected chi connectivity index (χ2v) is 4.78. The van der Waals surface area contributed by atoms with E-state index in [0.717, 1.165) is 17.0 Å². The van der Waals surface area contributed by atoms with Crippen LogP contribution in [0.1, 0.15) is 18.9 Å². The maximum atomic E-state index is 11.2. The van der Waals surface area contributed by atoms with E-state index < -0.39 is 0 Å². The van der Waals surface area contributed by atoms with Crippen LogP contribution in [-0.2, 0) is 16.1 Å². The zero-order chi connectivity index (χ0) is 15.6. The standard InChI is InChI=1S/C18H21NO3/c1-2-21-18(20)12-13-19-16-8-10-17(11-9-16)22-14-15-6-4-3-5-7-15/h3-11,19H,2,12-14H2,1H3. The zero-order valence-electron chi connectivity index (χ0n) is 12.7. The van der Waals surface area contributed by atoms with Gasteiger partial charge in [-0.05, 0) is 36.8 Å². The molecule has 0 heterocycles. The first-order chi connectivity index (χ1) is 10.8. The average Bonchev–Trinajstić information content (AvgIpc) is 2.55. The predicted octanol–water partition coefficient (Wildman–Crippen LogP) is 3.63. The van der Waals surface area contributed by atoms with Crippen molar-refractivity contribution in [1.82, 2.24) is 0 Å². The molecule has 0 fully saturated rings. The summed E-state index contributed by atoms with van der Waals surface area (Å²) in [6.45, 7) is 3.34. The first kappa shape index (κ1) is 15.9. The van der Waals surface area contributed by atoms with Crippen LogP contribution in [0.4, 0.5) is 5.69 Å². The summed E-state index contributed by atoms with van der Waals surface area (Å²) in [6, 6.07) is 17.7. The first-order valence-electron chi connectivity index (χ1n) is 7.44. The molecule has 0 atom stereocenters. The van der Waals surface area contributed by atoms with E-state index >= 15 is 0 Å². The van der Waals surface area contributed by atoms with E-state index in [9.17, 15) is 4.79 Å². The summed E-state index contributed by atoms with van der Waals surface area (Å²) in [6.07, 6.45) is 0.361. The van der Waals surface area contributed by atoms with Gasteiger partial charge in [0.15, 0.2) is 0 Å². The molecule has 0 saturated heterocycles. The maximum Gasteiger partial charge on any atom is 0.307 e. The first-order valence-corrected chi connectivity index (χ1v) is 7.44. The fourth-order valence-electron chi connectivity index (χ4n) is 1.95. The Kier molecular flexibility index (Phi) is 6.30. The van der Waals surface area contributed by atoms with Gasteiger partial charge in [-0.2, -0.15) is 0 Å². The molecular formula is C18H21NO3. The molecule has 1 N–H and O–H groups in total. The predicted molar refractivity (Wildman–Crippen MR) is 87.0 cm³/mol. The molecule has 0 bridgehead atoms. The van der Waals surface area contributed by atoms with E-state index in [0.29, 0.717) is 26.2 Å². The van der Waals surface area contributed by atoms with Crippen molar-refractivity contribution in [1.29, 1.82) is 0 Å². The Hall–Kier alpha value is -2.49. The Labute approximate surface area is 131 Å². The molecule has 2 aromatic rings. The Morgan fingerprint density at radius 3 is 2.45 bits per heavy atom. The smallest absolute Gasteiger partial charge is 0.307 e. The summed E-state index contributed by atoms with van der Waals surface area (Å²) in [5, 5.41) is 3.18. The second kappa shape index (κ2) is 8.72. The Morgan fingerprint density at radius 1 is 1.05 bits per heavy atom. The van der Waals surface area contributed by atoms with Crippen molar-refractivity contribution in [3.05, 3.63) is 60.2 Å². The highest BCUT2D eigenvalue weighted by Crippen LogP contribution is 2.17. The van der Waals surface area contributed by atoms with Crippen molar-refractivity contribution in [2.24, 2.45) is 0 Å². The van der Waals surface area contributed by atoms with Gasteiger partial charge >= 0.3 is 5.97 Å². The topological polar surface area (TPSA) is 47.6 Å². The second-order valence-electron chi connectivity index (χ2n) is 4.78. The third-order valence-corrected chi connectivity index (χ3v) is 3.07. The molecule has 0 saturated carbocycles. The van der Waals surface area contributed by atoms with Crippen molar-refractivity contribution in [3.63, 3.8) is 0 Å². The number of carbonyl (C=O) groups excluding carboxylic acids is 1. The van der Waals surface area contributed by atoms with Crippen LogP contribution in [0, 0.1) is 0 Å². The molecule has 0 aliphatic heterocycles. The summed E-state index contributed by atoms with van der Waals surface area (Å²) >= 11 is 0. The lowest BCUT2D eigenvalue weighted by Gasteiger charge is -2.09. The van der Waals surface area contributed by atoms with E-state index in [1.54, 1.807) is 6.92 Å². The highest BCUT2D eigenvalue weighted by atomic mass is 16.5. The van der Waals surface area contributed by atoms with Crippen molar-refractivity contribution in [2.75, 3.05) is 18.5 Å². The van der Waals surface area contributed by atoms with Crippen molar-refractivity contribution in [2.45, 2.75) is 20.0 Å². The molecule has 0 radical (unpaired) electrons. The number of carbonyl (C=O) groups is 1.